The maximum atomic E-state index is 12.4. The SMILES string of the molecule is CC.CCC(=O)n1nnnc1Cc1ccc(C(F)(F)F)cc1. The van der Waals surface area contributed by atoms with E-state index >= 15 is 0 Å². The molecule has 0 fully saturated rings. The van der Waals surface area contributed by atoms with Gasteiger partial charge in [0, 0.05) is 12.8 Å². The van der Waals surface area contributed by atoms with Crippen LogP contribution in [0.3, 0.4) is 0 Å². The van der Waals surface area contributed by atoms with E-state index in [0.29, 0.717) is 11.4 Å². The number of benzene rings is 1. The first-order valence-corrected chi connectivity index (χ1v) is 6.88. The maximum Gasteiger partial charge on any atom is 0.416 e. The summed E-state index contributed by atoms with van der Waals surface area (Å²) in [5, 5.41) is 10.7. The highest BCUT2D eigenvalue weighted by Crippen LogP contribution is 2.29. The lowest BCUT2D eigenvalue weighted by Gasteiger charge is -2.07. The molecule has 0 amide bonds. The summed E-state index contributed by atoms with van der Waals surface area (Å²) in [5.74, 6) is 0.0357. The van der Waals surface area contributed by atoms with Gasteiger partial charge in [0.2, 0.25) is 5.91 Å². The van der Waals surface area contributed by atoms with Crippen molar-refractivity contribution in [3.05, 3.63) is 41.2 Å². The van der Waals surface area contributed by atoms with E-state index in [4.69, 9.17) is 0 Å². The third-order valence-electron chi connectivity index (χ3n) is 2.72. The van der Waals surface area contributed by atoms with E-state index in [2.05, 4.69) is 15.5 Å². The lowest BCUT2D eigenvalue weighted by atomic mass is 10.1. The van der Waals surface area contributed by atoms with Crippen LogP contribution in [-0.2, 0) is 12.6 Å². The predicted molar refractivity (Wildman–Crippen MR) is 74.3 cm³/mol. The van der Waals surface area contributed by atoms with Crippen molar-refractivity contribution >= 4 is 5.91 Å². The molecule has 2 rings (SSSR count). The molecule has 120 valence electrons. The minimum Gasteiger partial charge on any atom is -0.272 e. The Kier molecular flexibility index (Phi) is 6.21. The lowest BCUT2D eigenvalue weighted by Crippen LogP contribution is -2.15. The number of halogens is 3. The van der Waals surface area contributed by atoms with Crippen LogP contribution in [0.5, 0.6) is 0 Å². The van der Waals surface area contributed by atoms with Gasteiger partial charge < -0.3 is 0 Å². The number of hydrogen-bond donors (Lipinski definition) is 0. The van der Waals surface area contributed by atoms with E-state index in [-0.39, 0.29) is 18.7 Å². The topological polar surface area (TPSA) is 60.7 Å². The van der Waals surface area contributed by atoms with Crippen molar-refractivity contribution in [3.8, 4) is 0 Å². The van der Waals surface area contributed by atoms with Gasteiger partial charge in [0.15, 0.2) is 5.82 Å². The van der Waals surface area contributed by atoms with Gasteiger partial charge in [-0.1, -0.05) is 32.9 Å². The van der Waals surface area contributed by atoms with Crippen molar-refractivity contribution < 1.29 is 18.0 Å². The van der Waals surface area contributed by atoms with Gasteiger partial charge in [-0.25, -0.2) is 0 Å². The summed E-state index contributed by atoms with van der Waals surface area (Å²) < 4.78 is 38.4. The Labute approximate surface area is 126 Å². The highest BCUT2D eigenvalue weighted by Gasteiger charge is 2.30. The van der Waals surface area contributed by atoms with Gasteiger partial charge in [0.05, 0.1) is 5.56 Å². The monoisotopic (exact) mass is 314 g/mol. The summed E-state index contributed by atoms with van der Waals surface area (Å²) in [4.78, 5) is 11.5. The number of carbonyl (C=O) groups excluding carboxylic acids is 1. The number of rotatable bonds is 3. The van der Waals surface area contributed by atoms with E-state index in [9.17, 15) is 18.0 Å². The van der Waals surface area contributed by atoms with Gasteiger partial charge in [-0.2, -0.15) is 17.9 Å². The number of tetrazole rings is 1. The van der Waals surface area contributed by atoms with Crippen molar-refractivity contribution in [2.24, 2.45) is 0 Å². The Balaban J connectivity index is 0.00000116. The van der Waals surface area contributed by atoms with Crippen LogP contribution in [0.15, 0.2) is 24.3 Å². The minimum atomic E-state index is -4.36. The highest BCUT2D eigenvalue weighted by atomic mass is 19.4. The zero-order valence-electron chi connectivity index (χ0n) is 12.6. The fraction of sp³-hybridized carbons (Fsp3) is 0.429. The highest BCUT2D eigenvalue weighted by molar-refractivity contribution is 5.77. The number of nitrogens with zero attached hydrogens (tertiary/aromatic N) is 4. The van der Waals surface area contributed by atoms with Crippen LogP contribution in [0.4, 0.5) is 13.2 Å². The normalized spacial score (nSPS) is 10.8. The van der Waals surface area contributed by atoms with Crippen LogP contribution in [-0.4, -0.2) is 26.1 Å². The zero-order chi connectivity index (χ0) is 16.8. The van der Waals surface area contributed by atoms with Crippen LogP contribution in [0.25, 0.3) is 0 Å². The van der Waals surface area contributed by atoms with Gasteiger partial charge in [0.1, 0.15) is 0 Å². The Bertz CT molecular complexity index is 605. The zero-order valence-corrected chi connectivity index (χ0v) is 12.6. The van der Waals surface area contributed by atoms with Crippen LogP contribution in [0.2, 0.25) is 0 Å². The predicted octanol–water partition coefficient (Wildman–Crippen LogP) is 3.36. The molecule has 2 aromatic rings. The van der Waals surface area contributed by atoms with Gasteiger partial charge in [-0.15, -0.1) is 5.10 Å². The van der Waals surface area contributed by atoms with Gasteiger partial charge >= 0.3 is 6.18 Å². The molecule has 1 aromatic carbocycles. The minimum absolute atomic E-state index is 0.191. The molecule has 0 aliphatic heterocycles. The molecule has 22 heavy (non-hydrogen) atoms. The second-order valence-electron chi connectivity index (χ2n) is 4.13. The Morgan fingerprint density at radius 2 is 1.77 bits per heavy atom. The van der Waals surface area contributed by atoms with E-state index in [1.54, 1.807) is 6.92 Å². The molecule has 5 nitrogen and oxygen atoms in total. The van der Waals surface area contributed by atoms with Crippen LogP contribution in [0, 0.1) is 0 Å². The summed E-state index contributed by atoms with van der Waals surface area (Å²) in [6.45, 7) is 5.67. The molecule has 0 spiro atoms. The number of carbonyl (C=O) groups is 1. The van der Waals surface area contributed by atoms with E-state index < -0.39 is 11.7 Å². The van der Waals surface area contributed by atoms with Crippen molar-refractivity contribution in [1.82, 2.24) is 20.2 Å². The second kappa shape index (κ2) is 7.67. The average molecular weight is 314 g/mol. The molecular weight excluding hydrogens is 297 g/mol. The molecule has 0 saturated carbocycles. The van der Waals surface area contributed by atoms with Crippen molar-refractivity contribution in [1.29, 1.82) is 0 Å². The van der Waals surface area contributed by atoms with Crippen molar-refractivity contribution in [2.75, 3.05) is 0 Å². The quantitative estimate of drug-likeness (QED) is 0.815. The molecule has 0 aliphatic rings. The Hall–Kier alpha value is -2.25. The Morgan fingerprint density at radius 1 is 1.18 bits per heavy atom. The van der Waals surface area contributed by atoms with Gasteiger partial charge in [-0.05, 0) is 28.1 Å². The molecule has 0 saturated heterocycles. The van der Waals surface area contributed by atoms with Crippen LogP contribution in [0.1, 0.15) is 48.9 Å². The maximum absolute atomic E-state index is 12.4. The van der Waals surface area contributed by atoms with Crippen LogP contribution < -0.4 is 0 Å². The summed E-state index contributed by atoms with van der Waals surface area (Å²) >= 11 is 0. The summed E-state index contributed by atoms with van der Waals surface area (Å²) in [6.07, 6.45) is -3.93. The number of aromatic nitrogens is 4. The smallest absolute Gasteiger partial charge is 0.272 e. The fourth-order valence-electron chi connectivity index (χ4n) is 1.65. The van der Waals surface area contributed by atoms with E-state index in [1.165, 1.54) is 12.1 Å². The third kappa shape index (κ3) is 4.37. The number of hydrogen-bond acceptors (Lipinski definition) is 4. The lowest BCUT2D eigenvalue weighted by molar-refractivity contribution is -0.137. The largest absolute Gasteiger partial charge is 0.416 e. The van der Waals surface area contributed by atoms with Crippen molar-refractivity contribution in [2.45, 2.75) is 39.8 Å². The van der Waals surface area contributed by atoms with Crippen molar-refractivity contribution in [3.63, 3.8) is 0 Å². The first-order chi connectivity index (χ1) is 10.4. The average Bonchev–Trinajstić information content (AvgIpc) is 2.96. The molecule has 0 unspecified atom stereocenters. The molecule has 0 radical (unpaired) electrons. The molecular formula is C14H17F3N4O. The van der Waals surface area contributed by atoms with Crippen LogP contribution >= 0.6 is 0 Å². The third-order valence-corrected chi connectivity index (χ3v) is 2.72. The van der Waals surface area contributed by atoms with E-state index in [1.807, 2.05) is 13.8 Å². The molecule has 0 aliphatic carbocycles. The van der Waals surface area contributed by atoms with Gasteiger partial charge in [0.25, 0.3) is 0 Å². The van der Waals surface area contributed by atoms with Gasteiger partial charge in [-0.3, -0.25) is 4.79 Å². The standard InChI is InChI=1S/C12H11F3N4O.C2H6/c1-2-11(20)19-10(16-17-18-19)7-8-3-5-9(6-4-8)12(13,14)15;1-2/h3-6H,2,7H2,1H3;1-2H3. The summed E-state index contributed by atoms with van der Waals surface area (Å²) in [6, 6.07) is 4.67. The van der Waals surface area contributed by atoms with E-state index in [0.717, 1.165) is 16.8 Å². The Morgan fingerprint density at radius 3 is 2.27 bits per heavy atom. The summed E-state index contributed by atoms with van der Waals surface area (Å²) in [7, 11) is 0. The molecule has 0 bridgehead atoms. The summed E-state index contributed by atoms with van der Waals surface area (Å²) in [5.41, 5.74) is -0.122. The fourth-order valence-corrected chi connectivity index (χ4v) is 1.65. The second-order valence-corrected chi connectivity index (χ2v) is 4.13. The number of alkyl halides is 3. The molecule has 1 heterocycles. The molecule has 0 N–H and O–H groups in total. The first-order valence-electron chi connectivity index (χ1n) is 6.88. The molecule has 8 heteroatoms. The molecule has 1 aromatic heterocycles. The first kappa shape index (κ1) is 17.8. The molecule has 0 atom stereocenters.